The Labute approximate surface area is 109 Å². The molecule has 0 aromatic heterocycles. The molecule has 1 unspecified atom stereocenters. The van der Waals surface area contributed by atoms with Gasteiger partial charge in [0.05, 0.1) is 0 Å². The van der Waals surface area contributed by atoms with Crippen LogP contribution >= 0.6 is 0 Å². The average molecular weight is 246 g/mol. The Morgan fingerprint density at radius 1 is 1.39 bits per heavy atom. The third kappa shape index (κ3) is 2.91. The van der Waals surface area contributed by atoms with Gasteiger partial charge in [-0.15, -0.1) is 0 Å². The molecule has 1 atom stereocenters. The van der Waals surface area contributed by atoms with E-state index in [0.717, 1.165) is 24.8 Å². The van der Waals surface area contributed by atoms with E-state index in [1.807, 2.05) is 20.0 Å². The standard InChI is InChI=1S/C15H22N2O/c1-11(16)8-9-17(2)15(18)14-7-6-12-4-3-5-13(12)10-14/h6-7,10-11H,3-5,8-9,16H2,1-2H3. The summed E-state index contributed by atoms with van der Waals surface area (Å²) in [5.74, 6) is 0.102. The van der Waals surface area contributed by atoms with E-state index >= 15 is 0 Å². The number of benzene rings is 1. The van der Waals surface area contributed by atoms with Crippen molar-refractivity contribution in [1.29, 1.82) is 0 Å². The Morgan fingerprint density at radius 3 is 2.83 bits per heavy atom. The van der Waals surface area contributed by atoms with Crippen LogP contribution in [0.25, 0.3) is 0 Å². The van der Waals surface area contributed by atoms with Gasteiger partial charge in [-0.25, -0.2) is 0 Å². The topological polar surface area (TPSA) is 46.3 Å². The van der Waals surface area contributed by atoms with Crippen molar-refractivity contribution < 1.29 is 4.79 Å². The van der Waals surface area contributed by atoms with Crippen molar-refractivity contribution in [3.8, 4) is 0 Å². The number of carbonyl (C=O) groups is 1. The summed E-state index contributed by atoms with van der Waals surface area (Å²) in [6.45, 7) is 2.68. The highest BCUT2D eigenvalue weighted by atomic mass is 16.2. The lowest BCUT2D eigenvalue weighted by atomic mass is 10.1. The van der Waals surface area contributed by atoms with E-state index in [4.69, 9.17) is 5.73 Å². The van der Waals surface area contributed by atoms with Gasteiger partial charge in [0.2, 0.25) is 0 Å². The molecule has 0 aliphatic heterocycles. The molecule has 1 amide bonds. The number of nitrogens with two attached hydrogens (primary N) is 1. The van der Waals surface area contributed by atoms with Crippen LogP contribution < -0.4 is 5.73 Å². The summed E-state index contributed by atoms with van der Waals surface area (Å²) in [6.07, 6.45) is 4.32. The molecule has 0 spiro atoms. The van der Waals surface area contributed by atoms with Crippen LogP contribution in [-0.4, -0.2) is 30.4 Å². The van der Waals surface area contributed by atoms with Crippen molar-refractivity contribution in [2.45, 2.75) is 38.6 Å². The molecule has 0 saturated heterocycles. The Bertz CT molecular complexity index is 440. The molecule has 2 rings (SSSR count). The fourth-order valence-corrected chi connectivity index (χ4v) is 2.42. The van der Waals surface area contributed by atoms with Crippen LogP contribution in [0.4, 0.5) is 0 Å². The molecule has 1 aliphatic carbocycles. The zero-order valence-corrected chi connectivity index (χ0v) is 11.3. The van der Waals surface area contributed by atoms with Crippen LogP contribution in [0.15, 0.2) is 18.2 Å². The molecule has 1 aromatic rings. The second-order valence-electron chi connectivity index (χ2n) is 5.33. The van der Waals surface area contributed by atoms with Gasteiger partial charge in [0.15, 0.2) is 0 Å². The van der Waals surface area contributed by atoms with E-state index in [1.165, 1.54) is 17.5 Å². The summed E-state index contributed by atoms with van der Waals surface area (Å²) in [7, 11) is 1.85. The lowest BCUT2D eigenvalue weighted by molar-refractivity contribution is 0.0792. The third-order valence-corrected chi connectivity index (χ3v) is 3.61. The highest BCUT2D eigenvalue weighted by molar-refractivity contribution is 5.94. The highest BCUT2D eigenvalue weighted by Crippen LogP contribution is 2.23. The van der Waals surface area contributed by atoms with Crippen molar-refractivity contribution >= 4 is 5.91 Å². The summed E-state index contributed by atoms with van der Waals surface area (Å²) in [5, 5.41) is 0. The molecule has 1 aromatic carbocycles. The molecule has 0 fully saturated rings. The van der Waals surface area contributed by atoms with Crippen LogP contribution in [0.2, 0.25) is 0 Å². The summed E-state index contributed by atoms with van der Waals surface area (Å²) in [5.41, 5.74) is 9.28. The number of nitrogens with zero attached hydrogens (tertiary/aromatic N) is 1. The monoisotopic (exact) mass is 246 g/mol. The molecule has 0 heterocycles. The van der Waals surface area contributed by atoms with Crippen LogP contribution in [0, 0.1) is 0 Å². The van der Waals surface area contributed by atoms with Crippen molar-refractivity contribution in [2.24, 2.45) is 5.73 Å². The first kappa shape index (κ1) is 13.1. The fourth-order valence-electron chi connectivity index (χ4n) is 2.42. The van der Waals surface area contributed by atoms with Gasteiger partial charge in [-0.3, -0.25) is 4.79 Å². The summed E-state index contributed by atoms with van der Waals surface area (Å²) < 4.78 is 0. The Kier molecular flexibility index (Phi) is 4.02. The lowest BCUT2D eigenvalue weighted by Gasteiger charge is -2.18. The first-order valence-corrected chi connectivity index (χ1v) is 6.71. The second kappa shape index (κ2) is 5.53. The van der Waals surface area contributed by atoms with Gasteiger partial charge in [0.25, 0.3) is 5.91 Å². The zero-order chi connectivity index (χ0) is 13.1. The number of amides is 1. The van der Waals surface area contributed by atoms with Crippen molar-refractivity contribution in [3.05, 3.63) is 34.9 Å². The van der Waals surface area contributed by atoms with Crippen LogP contribution in [0.3, 0.4) is 0 Å². The van der Waals surface area contributed by atoms with E-state index in [1.54, 1.807) is 4.90 Å². The normalized spacial score (nSPS) is 15.3. The summed E-state index contributed by atoms with van der Waals surface area (Å²) in [4.78, 5) is 14.0. The third-order valence-electron chi connectivity index (χ3n) is 3.61. The molecule has 3 nitrogen and oxygen atoms in total. The van der Waals surface area contributed by atoms with E-state index in [-0.39, 0.29) is 11.9 Å². The molecule has 3 heteroatoms. The smallest absolute Gasteiger partial charge is 0.253 e. The van der Waals surface area contributed by atoms with Crippen molar-refractivity contribution in [3.63, 3.8) is 0 Å². The number of rotatable bonds is 4. The van der Waals surface area contributed by atoms with Gasteiger partial charge < -0.3 is 10.6 Å². The predicted octanol–water partition coefficient (Wildman–Crippen LogP) is 1.98. The Morgan fingerprint density at radius 2 is 2.11 bits per heavy atom. The number of carbonyl (C=O) groups excluding carboxylic acids is 1. The first-order chi connectivity index (χ1) is 8.58. The van der Waals surface area contributed by atoms with Gasteiger partial charge in [0.1, 0.15) is 0 Å². The van der Waals surface area contributed by atoms with Crippen LogP contribution in [-0.2, 0) is 12.8 Å². The van der Waals surface area contributed by atoms with E-state index < -0.39 is 0 Å². The fraction of sp³-hybridized carbons (Fsp3) is 0.533. The van der Waals surface area contributed by atoms with Crippen LogP contribution in [0.5, 0.6) is 0 Å². The summed E-state index contributed by atoms with van der Waals surface area (Å²) in [6, 6.07) is 6.26. The van der Waals surface area contributed by atoms with E-state index in [0.29, 0.717) is 6.54 Å². The van der Waals surface area contributed by atoms with E-state index in [2.05, 4.69) is 12.1 Å². The number of aryl methyl sites for hydroxylation is 2. The minimum Gasteiger partial charge on any atom is -0.342 e. The number of hydrogen-bond acceptors (Lipinski definition) is 2. The van der Waals surface area contributed by atoms with Gasteiger partial charge >= 0.3 is 0 Å². The molecular formula is C15H22N2O. The number of hydrogen-bond donors (Lipinski definition) is 1. The van der Waals surface area contributed by atoms with Crippen molar-refractivity contribution in [2.75, 3.05) is 13.6 Å². The molecule has 98 valence electrons. The first-order valence-electron chi connectivity index (χ1n) is 6.71. The Balaban J connectivity index is 2.04. The van der Waals surface area contributed by atoms with Gasteiger partial charge in [0, 0.05) is 25.2 Å². The molecule has 0 bridgehead atoms. The van der Waals surface area contributed by atoms with Crippen LogP contribution in [0.1, 0.15) is 41.3 Å². The molecule has 1 aliphatic rings. The molecule has 2 N–H and O–H groups in total. The second-order valence-corrected chi connectivity index (χ2v) is 5.33. The quantitative estimate of drug-likeness (QED) is 0.883. The maximum atomic E-state index is 12.2. The largest absolute Gasteiger partial charge is 0.342 e. The Hall–Kier alpha value is -1.35. The maximum absolute atomic E-state index is 12.2. The predicted molar refractivity (Wildman–Crippen MR) is 73.7 cm³/mol. The SMILES string of the molecule is CC(N)CCN(C)C(=O)c1ccc2c(c1)CCC2. The molecule has 0 radical (unpaired) electrons. The van der Waals surface area contributed by atoms with Gasteiger partial charge in [-0.2, -0.15) is 0 Å². The molecule has 0 saturated carbocycles. The molecule has 18 heavy (non-hydrogen) atoms. The van der Waals surface area contributed by atoms with Crippen molar-refractivity contribution in [1.82, 2.24) is 4.90 Å². The van der Waals surface area contributed by atoms with E-state index in [9.17, 15) is 4.79 Å². The number of fused-ring (bicyclic) bond motifs is 1. The lowest BCUT2D eigenvalue weighted by Crippen LogP contribution is -2.31. The summed E-state index contributed by atoms with van der Waals surface area (Å²) >= 11 is 0. The van der Waals surface area contributed by atoms with Gasteiger partial charge in [-0.1, -0.05) is 6.07 Å². The van der Waals surface area contributed by atoms with Gasteiger partial charge in [-0.05, 0) is 55.9 Å². The zero-order valence-electron chi connectivity index (χ0n) is 11.3. The highest BCUT2D eigenvalue weighted by Gasteiger charge is 2.16. The average Bonchev–Trinajstić information content (AvgIpc) is 2.81. The molecular weight excluding hydrogens is 224 g/mol. The maximum Gasteiger partial charge on any atom is 0.253 e. The minimum absolute atomic E-state index is 0.102. The minimum atomic E-state index is 0.102.